The number of aryl methyl sites for hydroxylation is 1. The molecule has 0 aliphatic carbocycles. The molecule has 0 unspecified atom stereocenters. The Morgan fingerprint density at radius 3 is 3.04 bits per heavy atom. The molecule has 4 aromatic rings. The number of imidazole rings is 1. The minimum Gasteiger partial charge on any atom is -0.361 e. The molecule has 0 aliphatic rings. The van der Waals surface area contributed by atoms with Crippen LogP contribution in [0.25, 0.3) is 21.9 Å². The molecule has 5 heteroatoms. The number of nitrogens with one attached hydrogen (secondary N) is 2. The third-order valence-corrected chi connectivity index (χ3v) is 3.99. The maximum Gasteiger partial charge on any atom is 0.228 e. The Balaban J connectivity index is 1.51. The Morgan fingerprint density at radius 1 is 1.22 bits per heavy atom. The number of amides is 1. The summed E-state index contributed by atoms with van der Waals surface area (Å²) in [5.74, 6) is -0.0359. The molecule has 0 atom stereocenters. The van der Waals surface area contributed by atoms with E-state index >= 15 is 0 Å². The molecule has 0 bridgehead atoms. The van der Waals surface area contributed by atoms with Crippen LogP contribution in [-0.4, -0.2) is 20.4 Å². The summed E-state index contributed by atoms with van der Waals surface area (Å²) < 4.78 is 1.95. The molecule has 0 fully saturated rings. The number of aromatic amines is 1. The van der Waals surface area contributed by atoms with E-state index in [1.54, 1.807) is 6.33 Å². The summed E-state index contributed by atoms with van der Waals surface area (Å²) in [5, 5.41) is 4.08. The Bertz CT molecular complexity index is 1010. The molecule has 23 heavy (non-hydrogen) atoms. The molecular formula is C18H16N4O. The predicted molar refractivity (Wildman–Crippen MR) is 91.3 cm³/mol. The second-order valence-corrected chi connectivity index (χ2v) is 5.68. The summed E-state index contributed by atoms with van der Waals surface area (Å²) in [6, 6.07) is 13.8. The fraction of sp³-hybridized carbons (Fsp3) is 0.111. The zero-order valence-corrected chi connectivity index (χ0v) is 12.7. The van der Waals surface area contributed by atoms with E-state index in [1.807, 2.05) is 60.3 Å². The average Bonchev–Trinajstić information content (AvgIpc) is 3.13. The van der Waals surface area contributed by atoms with Gasteiger partial charge in [-0.05, 0) is 41.3 Å². The van der Waals surface area contributed by atoms with E-state index in [-0.39, 0.29) is 5.91 Å². The number of carbonyl (C=O) groups is 1. The molecule has 0 aliphatic heterocycles. The maximum atomic E-state index is 12.3. The third kappa shape index (κ3) is 2.57. The van der Waals surface area contributed by atoms with Crippen molar-refractivity contribution in [1.82, 2.24) is 14.5 Å². The summed E-state index contributed by atoms with van der Waals surface area (Å²) >= 11 is 0. The molecule has 0 radical (unpaired) electrons. The molecule has 2 aromatic heterocycles. The largest absolute Gasteiger partial charge is 0.361 e. The molecule has 0 saturated carbocycles. The number of hydrogen-bond donors (Lipinski definition) is 2. The minimum absolute atomic E-state index is 0.0359. The van der Waals surface area contributed by atoms with Gasteiger partial charge in [0.2, 0.25) is 5.91 Å². The van der Waals surface area contributed by atoms with Gasteiger partial charge in [-0.15, -0.1) is 0 Å². The number of fused-ring (bicyclic) bond motifs is 2. The van der Waals surface area contributed by atoms with Crippen LogP contribution in [0.2, 0.25) is 0 Å². The molecule has 2 N–H and O–H groups in total. The standard InChI is InChI=1S/C18H16N4O/c1-22-11-20-16-10-14(4-5-17(16)22)21-18(23)9-12-2-3-13-6-7-19-15(13)8-12/h2-8,10-11,19H,9H2,1H3,(H,21,23). The number of carbonyl (C=O) groups excluding carboxylic acids is 1. The molecule has 0 saturated heterocycles. The second-order valence-electron chi connectivity index (χ2n) is 5.68. The number of nitrogens with zero attached hydrogens (tertiary/aromatic N) is 2. The Morgan fingerprint density at radius 2 is 2.13 bits per heavy atom. The molecule has 0 spiro atoms. The number of rotatable bonds is 3. The maximum absolute atomic E-state index is 12.3. The van der Waals surface area contributed by atoms with E-state index in [4.69, 9.17) is 0 Å². The van der Waals surface area contributed by atoms with Crippen LogP contribution in [0.4, 0.5) is 5.69 Å². The zero-order chi connectivity index (χ0) is 15.8. The van der Waals surface area contributed by atoms with E-state index in [0.717, 1.165) is 33.2 Å². The quantitative estimate of drug-likeness (QED) is 0.610. The van der Waals surface area contributed by atoms with Crippen LogP contribution < -0.4 is 5.32 Å². The van der Waals surface area contributed by atoms with E-state index in [2.05, 4.69) is 15.3 Å². The molecule has 2 aromatic carbocycles. The van der Waals surface area contributed by atoms with Gasteiger partial charge >= 0.3 is 0 Å². The zero-order valence-electron chi connectivity index (χ0n) is 12.7. The van der Waals surface area contributed by atoms with Gasteiger partial charge < -0.3 is 14.9 Å². The van der Waals surface area contributed by atoms with Gasteiger partial charge in [0, 0.05) is 24.4 Å². The lowest BCUT2D eigenvalue weighted by Gasteiger charge is -2.06. The highest BCUT2D eigenvalue weighted by atomic mass is 16.1. The van der Waals surface area contributed by atoms with E-state index in [0.29, 0.717) is 6.42 Å². The monoisotopic (exact) mass is 304 g/mol. The Labute approximate surface area is 133 Å². The molecule has 5 nitrogen and oxygen atoms in total. The second kappa shape index (κ2) is 5.28. The van der Waals surface area contributed by atoms with Crippen LogP contribution in [0, 0.1) is 0 Å². The summed E-state index contributed by atoms with van der Waals surface area (Å²) in [6.07, 6.45) is 4.01. The van der Waals surface area contributed by atoms with Crippen molar-refractivity contribution in [1.29, 1.82) is 0 Å². The normalized spacial score (nSPS) is 11.2. The number of benzene rings is 2. The van der Waals surface area contributed by atoms with Gasteiger partial charge in [-0.2, -0.15) is 0 Å². The first kappa shape index (κ1) is 13.6. The summed E-state index contributed by atoms with van der Waals surface area (Å²) in [6.45, 7) is 0. The molecular weight excluding hydrogens is 288 g/mol. The molecule has 114 valence electrons. The van der Waals surface area contributed by atoms with Gasteiger partial charge in [-0.3, -0.25) is 4.79 Å². The van der Waals surface area contributed by atoms with Gasteiger partial charge in [0.25, 0.3) is 0 Å². The Kier molecular flexibility index (Phi) is 3.12. The average molecular weight is 304 g/mol. The molecule has 1 amide bonds. The number of anilines is 1. The van der Waals surface area contributed by atoms with Crippen molar-refractivity contribution in [2.75, 3.05) is 5.32 Å². The fourth-order valence-electron chi connectivity index (χ4n) is 2.81. The van der Waals surface area contributed by atoms with Crippen molar-refractivity contribution in [3.8, 4) is 0 Å². The Hall–Kier alpha value is -3.08. The third-order valence-electron chi connectivity index (χ3n) is 3.99. The predicted octanol–water partition coefficient (Wildman–Crippen LogP) is 3.24. The van der Waals surface area contributed by atoms with Gasteiger partial charge in [0.15, 0.2) is 0 Å². The SMILES string of the molecule is Cn1cnc2cc(NC(=O)Cc3ccc4cc[nH]c4c3)ccc21. The van der Waals surface area contributed by atoms with Gasteiger partial charge in [-0.25, -0.2) is 4.98 Å². The highest BCUT2D eigenvalue weighted by Gasteiger charge is 2.07. The summed E-state index contributed by atoms with van der Waals surface area (Å²) in [7, 11) is 1.95. The molecule has 4 rings (SSSR count). The van der Waals surface area contributed by atoms with Crippen LogP contribution >= 0.6 is 0 Å². The van der Waals surface area contributed by atoms with Crippen LogP contribution in [0.1, 0.15) is 5.56 Å². The first-order chi connectivity index (χ1) is 11.2. The van der Waals surface area contributed by atoms with Crippen molar-refractivity contribution >= 4 is 33.5 Å². The number of H-pyrrole nitrogens is 1. The van der Waals surface area contributed by atoms with Gasteiger partial charge in [-0.1, -0.05) is 12.1 Å². The highest BCUT2D eigenvalue weighted by molar-refractivity contribution is 5.94. The van der Waals surface area contributed by atoms with Gasteiger partial charge in [0.05, 0.1) is 23.8 Å². The van der Waals surface area contributed by atoms with E-state index in [9.17, 15) is 4.79 Å². The summed E-state index contributed by atoms with van der Waals surface area (Å²) in [5.41, 5.74) is 4.71. The number of aromatic nitrogens is 3. The van der Waals surface area contributed by atoms with Crippen molar-refractivity contribution < 1.29 is 4.79 Å². The first-order valence-electron chi connectivity index (χ1n) is 7.46. The molecule has 2 heterocycles. The van der Waals surface area contributed by atoms with Crippen LogP contribution in [0.15, 0.2) is 55.0 Å². The van der Waals surface area contributed by atoms with Crippen LogP contribution in [0.5, 0.6) is 0 Å². The highest BCUT2D eigenvalue weighted by Crippen LogP contribution is 2.18. The number of hydrogen-bond acceptors (Lipinski definition) is 2. The lowest BCUT2D eigenvalue weighted by atomic mass is 10.1. The van der Waals surface area contributed by atoms with E-state index in [1.165, 1.54) is 0 Å². The van der Waals surface area contributed by atoms with Crippen molar-refractivity contribution in [3.63, 3.8) is 0 Å². The topological polar surface area (TPSA) is 62.7 Å². The van der Waals surface area contributed by atoms with Crippen molar-refractivity contribution in [2.24, 2.45) is 7.05 Å². The van der Waals surface area contributed by atoms with Crippen LogP contribution in [-0.2, 0) is 18.3 Å². The lowest BCUT2D eigenvalue weighted by molar-refractivity contribution is -0.115. The lowest BCUT2D eigenvalue weighted by Crippen LogP contribution is -2.14. The minimum atomic E-state index is -0.0359. The van der Waals surface area contributed by atoms with Crippen molar-refractivity contribution in [3.05, 3.63) is 60.6 Å². The van der Waals surface area contributed by atoms with E-state index < -0.39 is 0 Å². The first-order valence-corrected chi connectivity index (χ1v) is 7.46. The van der Waals surface area contributed by atoms with Crippen LogP contribution in [0.3, 0.4) is 0 Å². The van der Waals surface area contributed by atoms with Gasteiger partial charge in [0.1, 0.15) is 0 Å². The smallest absolute Gasteiger partial charge is 0.228 e. The summed E-state index contributed by atoms with van der Waals surface area (Å²) in [4.78, 5) is 19.7. The van der Waals surface area contributed by atoms with Crippen molar-refractivity contribution in [2.45, 2.75) is 6.42 Å². The fourth-order valence-corrected chi connectivity index (χ4v) is 2.81.